The summed E-state index contributed by atoms with van der Waals surface area (Å²) in [6.45, 7) is 1.85. The van der Waals surface area contributed by atoms with Crippen molar-refractivity contribution >= 4 is 11.8 Å². The largest absolute Gasteiger partial charge is 0.504 e. The van der Waals surface area contributed by atoms with Gasteiger partial charge in [0.15, 0.2) is 17.3 Å². The van der Waals surface area contributed by atoms with E-state index in [1.165, 1.54) is 12.1 Å². The number of furan rings is 1. The van der Waals surface area contributed by atoms with Crippen LogP contribution >= 0.6 is 11.8 Å². The third-order valence-electron chi connectivity index (χ3n) is 4.28. The van der Waals surface area contributed by atoms with E-state index in [-0.39, 0.29) is 11.5 Å². The zero-order chi connectivity index (χ0) is 25.5. The van der Waals surface area contributed by atoms with E-state index in [0.29, 0.717) is 24.5 Å². The number of phenols is 2. The van der Waals surface area contributed by atoms with Crippen LogP contribution < -0.4 is 16.0 Å². The third-order valence-corrected chi connectivity index (χ3v) is 5.26. The molecule has 1 atom stereocenters. The summed E-state index contributed by atoms with van der Waals surface area (Å²) in [6, 6.07) is 8.25. The van der Waals surface area contributed by atoms with Gasteiger partial charge in [-0.3, -0.25) is 10.1 Å². The van der Waals surface area contributed by atoms with Gasteiger partial charge in [-0.15, -0.1) is 0 Å². The van der Waals surface area contributed by atoms with E-state index in [1.54, 1.807) is 31.9 Å². The van der Waals surface area contributed by atoms with Crippen molar-refractivity contribution in [2.45, 2.75) is 18.4 Å². The Morgan fingerprint density at radius 2 is 1.91 bits per heavy atom. The molecule has 0 aliphatic carbocycles. The lowest BCUT2D eigenvalue weighted by atomic mass is 10.1. The number of benzene rings is 1. The van der Waals surface area contributed by atoms with Crippen molar-refractivity contribution in [1.82, 2.24) is 20.9 Å². The molecule has 1 heterocycles. The maximum Gasteiger partial charge on any atom is 0.274 e. The Morgan fingerprint density at radius 1 is 1.21 bits per heavy atom. The summed E-state index contributed by atoms with van der Waals surface area (Å²) in [5.41, 5.74) is 0.574. The van der Waals surface area contributed by atoms with Gasteiger partial charge in [0, 0.05) is 25.9 Å². The highest BCUT2D eigenvalue weighted by Crippen LogP contribution is 2.27. The van der Waals surface area contributed by atoms with Gasteiger partial charge in [-0.2, -0.15) is 11.8 Å². The molecule has 2 rings (SSSR count). The summed E-state index contributed by atoms with van der Waals surface area (Å²) >= 11 is 1.72. The van der Waals surface area contributed by atoms with Crippen LogP contribution in [0, 0.1) is 10.1 Å². The Kier molecular flexibility index (Phi) is 13.5. The first kappa shape index (κ1) is 29.1. The Labute approximate surface area is 204 Å². The summed E-state index contributed by atoms with van der Waals surface area (Å²) < 4.78 is 5.70. The van der Waals surface area contributed by atoms with Crippen LogP contribution in [0.4, 0.5) is 0 Å². The molecule has 34 heavy (non-hydrogen) atoms. The molecule has 11 nitrogen and oxygen atoms in total. The zero-order valence-electron chi connectivity index (χ0n) is 19.9. The first-order valence-electron chi connectivity index (χ1n) is 10.6. The number of nitrogens with one attached hydrogen (secondary N) is 3. The van der Waals surface area contributed by atoms with Gasteiger partial charge in [-0.05, 0) is 51.0 Å². The highest BCUT2D eigenvalue weighted by atomic mass is 32.2. The van der Waals surface area contributed by atoms with E-state index in [4.69, 9.17) is 14.6 Å². The van der Waals surface area contributed by atoms with E-state index < -0.39 is 11.0 Å². The van der Waals surface area contributed by atoms with Gasteiger partial charge < -0.3 is 40.6 Å². The number of nitrogens with zero attached hydrogens (tertiary/aromatic N) is 2. The summed E-state index contributed by atoms with van der Waals surface area (Å²) in [7, 11) is 7.37. The topological polar surface area (TPSA) is 156 Å². The SMILES string of the molecule is CN/C(=C/[N+](=O)[O-])NCCSCc1ccc(CN(C)C)o1.CNCC(O)c1ccc(O)c(O)c1. The molecule has 0 amide bonds. The number of hydrogen-bond donors (Lipinski definition) is 6. The molecule has 190 valence electrons. The first-order valence-corrected chi connectivity index (χ1v) is 11.7. The van der Waals surface area contributed by atoms with Crippen molar-refractivity contribution < 1.29 is 24.7 Å². The summed E-state index contributed by atoms with van der Waals surface area (Å²) in [5, 5.41) is 46.5. The van der Waals surface area contributed by atoms with Gasteiger partial charge in [0.1, 0.15) is 11.5 Å². The predicted octanol–water partition coefficient (Wildman–Crippen LogP) is 1.81. The maximum atomic E-state index is 10.3. The standard InChI is InChI=1S/C13H22N4O3S.C9H13NO3/c1-14-13(9-17(18)19)15-6-7-21-10-12-5-4-11(20-12)8-16(2)3;1-10-5-9(13)6-2-3-7(11)8(12)4-6/h4-5,9,14-15H,6-8,10H2,1-3H3;2-4,9-13H,5H2,1H3/b13-9-;. The fourth-order valence-corrected chi connectivity index (χ4v) is 3.44. The minimum absolute atomic E-state index is 0.180. The minimum Gasteiger partial charge on any atom is -0.504 e. The molecule has 1 aromatic heterocycles. The average molecular weight is 498 g/mol. The van der Waals surface area contributed by atoms with Crippen LogP contribution in [0.3, 0.4) is 0 Å². The molecule has 0 bridgehead atoms. The van der Waals surface area contributed by atoms with Gasteiger partial charge in [0.2, 0.25) is 0 Å². The third kappa shape index (κ3) is 11.8. The second kappa shape index (κ2) is 15.8. The smallest absolute Gasteiger partial charge is 0.274 e. The van der Waals surface area contributed by atoms with E-state index >= 15 is 0 Å². The van der Waals surface area contributed by atoms with Crippen LogP contribution in [-0.2, 0) is 12.3 Å². The lowest BCUT2D eigenvalue weighted by molar-refractivity contribution is -0.404. The number of aromatic hydroxyl groups is 2. The molecule has 0 aliphatic heterocycles. The van der Waals surface area contributed by atoms with Crippen molar-refractivity contribution in [2.75, 3.05) is 47.0 Å². The molecule has 0 fully saturated rings. The fraction of sp³-hybridized carbons (Fsp3) is 0.455. The lowest BCUT2D eigenvalue weighted by Crippen LogP contribution is -2.26. The monoisotopic (exact) mass is 497 g/mol. The van der Waals surface area contributed by atoms with Crippen LogP contribution in [0.15, 0.2) is 46.8 Å². The van der Waals surface area contributed by atoms with Crippen molar-refractivity contribution in [3.63, 3.8) is 0 Å². The molecule has 0 aliphatic rings. The highest BCUT2D eigenvalue weighted by Gasteiger charge is 2.08. The van der Waals surface area contributed by atoms with Crippen LogP contribution in [0.2, 0.25) is 0 Å². The molecule has 6 N–H and O–H groups in total. The summed E-state index contributed by atoms with van der Waals surface area (Å²) in [6.07, 6.45) is 0.251. The van der Waals surface area contributed by atoms with E-state index in [0.717, 1.165) is 35.8 Å². The molecule has 12 heteroatoms. The van der Waals surface area contributed by atoms with Crippen molar-refractivity contribution in [2.24, 2.45) is 0 Å². The van der Waals surface area contributed by atoms with Gasteiger partial charge in [-0.1, -0.05) is 6.07 Å². The predicted molar refractivity (Wildman–Crippen MR) is 133 cm³/mol. The van der Waals surface area contributed by atoms with Crippen LogP contribution in [0.25, 0.3) is 0 Å². The molecule has 1 aromatic carbocycles. The van der Waals surface area contributed by atoms with Crippen LogP contribution in [-0.4, -0.2) is 72.2 Å². The number of nitro groups is 1. The molecule has 0 spiro atoms. The number of thioether (sulfide) groups is 1. The number of rotatable bonds is 13. The van der Waals surface area contributed by atoms with Gasteiger partial charge >= 0.3 is 0 Å². The van der Waals surface area contributed by atoms with Crippen LogP contribution in [0.1, 0.15) is 23.2 Å². The molecule has 2 aromatic rings. The molecule has 1 unspecified atom stereocenters. The first-order chi connectivity index (χ1) is 16.2. The molecule has 0 radical (unpaired) electrons. The Morgan fingerprint density at radius 3 is 2.50 bits per heavy atom. The molecular formula is C22H35N5O6S. The maximum absolute atomic E-state index is 10.3. The second-order valence-electron chi connectivity index (χ2n) is 7.48. The number of aliphatic hydroxyl groups excluding tert-OH is 1. The summed E-state index contributed by atoms with van der Waals surface area (Å²) in [5.74, 6) is 3.55. The van der Waals surface area contributed by atoms with Gasteiger partial charge in [-0.25, -0.2) is 0 Å². The van der Waals surface area contributed by atoms with Gasteiger partial charge in [0.25, 0.3) is 6.20 Å². The normalized spacial score (nSPS) is 12.1. The highest BCUT2D eigenvalue weighted by molar-refractivity contribution is 7.98. The Bertz CT molecular complexity index is 906. The molecule has 0 saturated carbocycles. The van der Waals surface area contributed by atoms with Crippen molar-refractivity contribution in [1.29, 1.82) is 0 Å². The quantitative estimate of drug-likeness (QED) is 0.104. The van der Waals surface area contributed by atoms with E-state index in [1.807, 2.05) is 26.2 Å². The van der Waals surface area contributed by atoms with Crippen LogP contribution in [0.5, 0.6) is 11.5 Å². The van der Waals surface area contributed by atoms with E-state index in [2.05, 4.69) is 20.9 Å². The second-order valence-corrected chi connectivity index (χ2v) is 8.59. The molecule has 0 saturated heterocycles. The minimum atomic E-state index is -0.670. The number of aliphatic hydroxyl groups is 1. The summed E-state index contributed by atoms with van der Waals surface area (Å²) in [4.78, 5) is 11.9. The molecular weight excluding hydrogens is 462 g/mol. The van der Waals surface area contributed by atoms with Gasteiger partial charge in [0.05, 0.1) is 23.3 Å². The number of phenolic OH excluding ortho intramolecular Hbond substituents is 2. The van der Waals surface area contributed by atoms with E-state index in [9.17, 15) is 15.2 Å². The fourth-order valence-electron chi connectivity index (χ4n) is 2.69. The van der Waals surface area contributed by atoms with Crippen molar-refractivity contribution in [3.8, 4) is 11.5 Å². The number of likely N-dealkylation sites (N-methyl/N-ethyl adjacent to an activating group) is 1. The number of hydrogen-bond acceptors (Lipinski definition) is 11. The average Bonchev–Trinajstić information content (AvgIpc) is 3.21. The zero-order valence-corrected chi connectivity index (χ0v) is 20.8. The van der Waals surface area contributed by atoms with Crippen molar-refractivity contribution in [3.05, 3.63) is 69.6 Å². The Hall–Kier alpha value is -2.93. The Balaban J connectivity index is 0.000000380. The lowest BCUT2D eigenvalue weighted by Gasteiger charge is -2.10.